The number of carbonyl (C=O) groups excluding carboxylic acids is 1. The summed E-state index contributed by atoms with van der Waals surface area (Å²) in [7, 11) is 0. The molecule has 98 valence electrons. The molecule has 2 rings (SSSR count). The van der Waals surface area contributed by atoms with Crippen LogP contribution in [0.3, 0.4) is 0 Å². The fraction of sp³-hybridized carbons (Fsp3) is 0.533. The van der Waals surface area contributed by atoms with Crippen molar-refractivity contribution in [3.8, 4) is 0 Å². The van der Waals surface area contributed by atoms with Gasteiger partial charge in [0.25, 0.3) is 0 Å². The van der Waals surface area contributed by atoms with Crippen LogP contribution in [-0.2, 0) is 0 Å². The molecule has 0 bridgehead atoms. The van der Waals surface area contributed by atoms with Gasteiger partial charge in [-0.2, -0.15) is 0 Å². The summed E-state index contributed by atoms with van der Waals surface area (Å²) in [5.41, 5.74) is 0.808. The van der Waals surface area contributed by atoms with Crippen LogP contribution in [0.1, 0.15) is 43.0 Å². The smallest absolute Gasteiger partial charge is 0.165 e. The highest BCUT2D eigenvalue weighted by molar-refractivity contribution is 9.10. The van der Waals surface area contributed by atoms with Crippen molar-refractivity contribution in [1.82, 2.24) is 4.90 Å². The van der Waals surface area contributed by atoms with Gasteiger partial charge in [-0.15, -0.1) is 0 Å². The Hall–Kier alpha value is -0.670. The average molecular weight is 310 g/mol. The van der Waals surface area contributed by atoms with Crippen molar-refractivity contribution >= 4 is 21.7 Å². The van der Waals surface area contributed by atoms with Crippen LogP contribution in [0.25, 0.3) is 0 Å². The zero-order valence-electron chi connectivity index (χ0n) is 10.9. The number of benzene rings is 1. The lowest BCUT2D eigenvalue weighted by Gasteiger charge is -2.33. The lowest BCUT2D eigenvalue weighted by molar-refractivity contribution is 0.0935. The second-order valence-corrected chi connectivity index (χ2v) is 5.89. The minimum atomic E-state index is 0.236. The van der Waals surface area contributed by atoms with Gasteiger partial charge < -0.3 is 4.90 Å². The largest absolute Gasteiger partial charge is 0.300 e. The Morgan fingerprint density at radius 3 is 2.89 bits per heavy atom. The van der Waals surface area contributed by atoms with Crippen molar-refractivity contribution in [3.63, 3.8) is 0 Å². The average Bonchev–Trinajstić information content (AvgIpc) is 2.38. The zero-order chi connectivity index (χ0) is 13.0. The van der Waals surface area contributed by atoms with E-state index in [9.17, 15) is 4.79 Å². The van der Waals surface area contributed by atoms with E-state index in [2.05, 4.69) is 27.8 Å². The summed E-state index contributed by atoms with van der Waals surface area (Å²) in [5.74, 6) is 0.236. The normalized spacial score (nSPS) is 20.9. The molecule has 1 atom stereocenters. The lowest BCUT2D eigenvalue weighted by Crippen LogP contribution is -2.38. The number of carbonyl (C=O) groups is 1. The number of halogens is 1. The number of hydrogen-bond acceptors (Lipinski definition) is 2. The van der Waals surface area contributed by atoms with E-state index in [0.717, 1.165) is 23.1 Å². The molecule has 3 heteroatoms. The number of Topliss-reactive ketones (excluding diaryl/α,β-unsaturated/α-hetero) is 1. The minimum absolute atomic E-state index is 0.236. The van der Waals surface area contributed by atoms with Gasteiger partial charge >= 0.3 is 0 Å². The number of ketones is 1. The van der Waals surface area contributed by atoms with Gasteiger partial charge in [-0.25, -0.2) is 0 Å². The Morgan fingerprint density at radius 2 is 2.17 bits per heavy atom. The number of hydrogen-bond donors (Lipinski definition) is 0. The summed E-state index contributed by atoms with van der Waals surface area (Å²) in [6.07, 6.45) is 4.49. The monoisotopic (exact) mass is 309 g/mol. The van der Waals surface area contributed by atoms with Crippen LogP contribution in [0.2, 0.25) is 0 Å². The van der Waals surface area contributed by atoms with Gasteiger partial charge in [0.05, 0.1) is 0 Å². The van der Waals surface area contributed by atoms with Crippen LogP contribution in [0.15, 0.2) is 28.7 Å². The summed E-state index contributed by atoms with van der Waals surface area (Å²) in [5, 5.41) is 0. The summed E-state index contributed by atoms with van der Waals surface area (Å²) < 4.78 is 0.904. The zero-order valence-corrected chi connectivity index (χ0v) is 12.4. The molecule has 1 aliphatic rings. The topological polar surface area (TPSA) is 20.3 Å². The van der Waals surface area contributed by atoms with Crippen molar-refractivity contribution in [2.45, 2.75) is 38.6 Å². The third-order valence-corrected chi connectivity index (χ3v) is 4.43. The molecule has 2 nitrogen and oxygen atoms in total. The molecule has 1 aromatic carbocycles. The first-order chi connectivity index (χ1) is 8.68. The summed E-state index contributed by atoms with van der Waals surface area (Å²) >= 11 is 3.44. The van der Waals surface area contributed by atoms with E-state index in [1.165, 1.54) is 19.3 Å². The van der Waals surface area contributed by atoms with Crippen molar-refractivity contribution in [2.24, 2.45) is 0 Å². The molecule has 0 amide bonds. The second-order valence-electron chi connectivity index (χ2n) is 5.03. The fourth-order valence-electron chi connectivity index (χ4n) is 2.56. The number of likely N-dealkylation sites (tertiary alicyclic amines) is 1. The molecule has 1 fully saturated rings. The summed E-state index contributed by atoms with van der Waals surface area (Å²) in [6.45, 7) is 4.30. The minimum Gasteiger partial charge on any atom is -0.300 e. The van der Waals surface area contributed by atoms with Crippen LogP contribution < -0.4 is 0 Å². The first kappa shape index (κ1) is 13.8. The molecule has 0 saturated carbocycles. The second kappa shape index (κ2) is 6.48. The maximum absolute atomic E-state index is 12.2. The number of nitrogens with zero attached hydrogens (tertiary/aromatic N) is 1. The molecule has 1 heterocycles. The predicted octanol–water partition coefficient (Wildman–Crippen LogP) is 3.90. The van der Waals surface area contributed by atoms with Crippen molar-refractivity contribution in [3.05, 3.63) is 34.3 Å². The van der Waals surface area contributed by atoms with Crippen LogP contribution >= 0.6 is 15.9 Å². The van der Waals surface area contributed by atoms with Crippen molar-refractivity contribution in [2.75, 3.05) is 13.1 Å². The van der Waals surface area contributed by atoms with Crippen molar-refractivity contribution in [1.29, 1.82) is 0 Å². The van der Waals surface area contributed by atoms with Gasteiger partial charge in [0.1, 0.15) is 0 Å². The Morgan fingerprint density at radius 1 is 1.39 bits per heavy atom. The molecule has 1 aliphatic heterocycles. The Balaban J connectivity index is 1.90. The van der Waals surface area contributed by atoms with E-state index >= 15 is 0 Å². The maximum Gasteiger partial charge on any atom is 0.165 e. The number of rotatable bonds is 4. The molecule has 1 unspecified atom stereocenters. The van der Waals surface area contributed by atoms with Gasteiger partial charge in [-0.3, -0.25) is 4.79 Å². The maximum atomic E-state index is 12.2. The van der Waals surface area contributed by atoms with E-state index in [1.807, 2.05) is 24.3 Å². The molecule has 0 spiro atoms. The molecular weight excluding hydrogens is 290 g/mol. The summed E-state index contributed by atoms with van der Waals surface area (Å²) in [6, 6.07) is 8.31. The highest BCUT2D eigenvalue weighted by Gasteiger charge is 2.19. The lowest BCUT2D eigenvalue weighted by atomic mass is 10.0. The van der Waals surface area contributed by atoms with E-state index < -0.39 is 0 Å². The van der Waals surface area contributed by atoms with Crippen LogP contribution in [0.5, 0.6) is 0 Å². The van der Waals surface area contributed by atoms with Gasteiger partial charge in [-0.05, 0) is 32.4 Å². The standard InChI is InChI=1S/C15H20BrNO/c1-12-6-4-5-10-17(12)11-9-15(18)13-7-2-3-8-14(13)16/h2-3,7-8,12H,4-6,9-11H2,1H3. The molecule has 1 saturated heterocycles. The highest BCUT2D eigenvalue weighted by Crippen LogP contribution is 2.20. The molecule has 0 radical (unpaired) electrons. The van der Waals surface area contributed by atoms with Crippen LogP contribution in [0, 0.1) is 0 Å². The first-order valence-electron chi connectivity index (χ1n) is 6.70. The van der Waals surface area contributed by atoms with Crippen LogP contribution in [-0.4, -0.2) is 29.8 Å². The molecule has 0 N–H and O–H groups in total. The molecule has 0 aromatic heterocycles. The van der Waals surface area contributed by atoms with E-state index in [-0.39, 0.29) is 5.78 Å². The van der Waals surface area contributed by atoms with E-state index in [4.69, 9.17) is 0 Å². The fourth-order valence-corrected chi connectivity index (χ4v) is 3.06. The molecular formula is C15H20BrNO. The van der Waals surface area contributed by atoms with Gasteiger partial charge in [0.2, 0.25) is 0 Å². The van der Waals surface area contributed by atoms with Gasteiger partial charge in [0.15, 0.2) is 5.78 Å². The Kier molecular flexibility index (Phi) is 4.95. The van der Waals surface area contributed by atoms with Crippen LogP contribution in [0.4, 0.5) is 0 Å². The predicted molar refractivity (Wildman–Crippen MR) is 78.0 cm³/mol. The first-order valence-corrected chi connectivity index (χ1v) is 7.49. The number of piperidine rings is 1. The van der Waals surface area contributed by atoms with Gasteiger partial charge in [0, 0.05) is 29.0 Å². The SMILES string of the molecule is CC1CCCCN1CCC(=O)c1ccccc1Br. The Bertz CT molecular complexity index is 419. The quantitative estimate of drug-likeness (QED) is 0.786. The Labute approximate surface area is 117 Å². The molecule has 18 heavy (non-hydrogen) atoms. The molecule has 0 aliphatic carbocycles. The highest BCUT2D eigenvalue weighted by atomic mass is 79.9. The third kappa shape index (κ3) is 3.42. The van der Waals surface area contributed by atoms with Crippen molar-refractivity contribution < 1.29 is 4.79 Å². The summed E-state index contributed by atoms with van der Waals surface area (Å²) in [4.78, 5) is 14.6. The van der Waals surface area contributed by atoms with E-state index in [1.54, 1.807) is 0 Å². The van der Waals surface area contributed by atoms with Gasteiger partial charge in [-0.1, -0.05) is 40.5 Å². The third-order valence-electron chi connectivity index (χ3n) is 3.74. The molecule has 1 aromatic rings. The van der Waals surface area contributed by atoms with E-state index in [0.29, 0.717) is 12.5 Å².